The van der Waals surface area contributed by atoms with Gasteiger partial charge >= 0.3 is 0 Å². The lowest BCUT2D eigenvalue weighted by Crippen LogP contribution is -2.46. The average Bonchev–Trinajstić information content (AvgIpc) is 3.14. The van der Waals surface area contributed by atoms with Crippen LogP contribution in [0.5, 0.6) is 0 Å². The number of hydrogen-bond acceptors (Lipinski definition) is 1. The smallest absolute Gasteiger partial charge is 0.193 e. The molecule has 0 saturated heterocycles. The molecule has 1 fully saturated rings. The van der Waals surface area contributed by atoms with Crippen LogP contribution in [0, 0.1) is 46.3 Å². The average molecular weight is 537 g/mol. The SMILES string of the molecule is C=C1[C@H](O[Si](C)(C)C(C)(C)C)C(C)=C(C#CC2=CCC[C@@]3(C)C2CCC3[C@@H](C)CCCC(C)(C)C)C[C@H]1C. The van der Waals surface area contributed by atoms with Crippen molar-refractivity contribution in [1.29, 1.82) is 0 Å². The van der Waals surface area contributed by atoms with Crippen LogP contribution in [0.15, 0.2) is 34.9 Å². The van der Waals surface area contributed by atoms with Gasteiger partial charge in [0.15, 0.2) is 8.32 Å². The maximum absolute atomic E-state index is 6.94. The molecule has 2 heteroatoms. The third kappa shape index (κ3) is 6.81. The number of allylic oxidation sites excluding steroid dienone is 3. The molecule has 0 aromatic carbocycles. The summed E-state index contributed by atoms with van der Waals surface area (Å²) in [5, 5.41) is 0.181. The van der Waals surface area contributed by atoms with Crippen LogP contribution in [0.25, 0.3) is 0 Å². The summed E-state index contributed by atoms with van der Waals surface area (Å²) < 4.78 is 6.94. The highest BCUT2D eigenvalue weighted by Crippen LogP contribution is 2.58. The summed E-state index contributed by atoms with van der Waals surface area (Å²) in [6.45, 7) is 33.0. The Hall–Kier alpha value is -1.04. The zero-order valence-corrected chi connectivity index (χ0v) is 28.2. The van der Waals surface area contributed by atoms with Crippen LogP contribution in [0.3, 0.4) is 0 Å². The minimum Gasteiger partial charge on any atom is -0.407 e. The van der Waals surface area contributed by atoms with Gasteiger partial charge in [0.25, 0.3) is 0 Å². The molecular weight excluding hydrogens is 476 g/mol. The summed E-state index contributed by atoms with van der Waals surface area (Å²) in [5.74, 6) is 10.2. The minimum atomic E-state index is -1.91. The molecule has 0 radical (unpaired) electrons. The lowest BCUT2D eigenvalue weighted by Gasteiger charge is -2.43. The van der Waals surface area contributed by atoms with Gasteiger partial charge in [0.05, 0.1) is 6.10 Å². The first-order valence-electron chi connectivity index (χ1n) is 15.7. The van der Waals surface area contributed by atoms with Gasteiger partial charge in [-0.25, -0.2) is 0 Å². The highest BCUT2D eigenvalue weighted by atomic mass is 28.4. The van der Waals surface area contributed by atoms with Gasteiger partial charge < -0.3 is 4.43 Å². The summed E-state index contributed by atoms with van der Waals surface area (Å²) in [6, 6.07) is 0. The summed E-state index contributed by atoms with van der Waals surface area (Å²) in [5.41, 5.74) is 6.13. The first kappa shape index (κ1) is 31.5. The molecule has 0 heterocycles. The summed E-state index contributed by atoms with van der Waals surface area (Å²) in [7, 11) is -1.91. The van der Waals surface area contributed by atoms with E-state index in [0.717, 1.165) is 18.3 Å². The van der Waals surface area contributed by atoms with Crippen LogP contribution >= 0.6 is 0 Å². The fraction of sp³-hybridized carbons (Fsp3) is 0.778. The van der Waals surface area contributed by atoms with E-state index >= 15 is 0 Å². The Morgan fingerprint density at radius 3 is 2.39 bits per heavy atom. The van der Waals surface area contributed by atoms with Crippen molar-refractivity contribution in [3.63, 3.8) is 0 Å². The Labute approximate surface area is 238 Å². The van der Waals surface area contributed by atoms with Crippen molar-refractivity contribution in [2.24, 2.45) is 34.5 Å². The Morgan fingerprint density at radius 1 is 1.13 bits per heavy atom. The lowest BCUT2D eigenvalue weighted by molar-refractivity contribution is 0.107. The molecule has 1 saturated carbocycles. The van der Waals surface area contributed by atoms with Crippen molar-refractivity contribution in [2.75, 3.05) is 0 Å². The Morgan fingerprint density at radius 2 is 1.79 bits per heavy atom. The number of rotatable bonds is 6. The molecule has 0 amide bonds. The molecule has 2 unspecified atom stereocenters. The third-order valence-corrected chi connectivity index (χ3v) is 15.5. The highest BCUT2D eigenvalue weighted by Gasteiger charge is 2.50. The van der Waals surface area contributed by atoms with Crippen LogP contribution < -0.4 is 0 Å². The molecule has 1 nitrogen and oxygen atoms in total. The van der Waals surface area contributed by atoms with E-state index in [4.69, 9.17) is 4.43 Å². The Bertz CT molecular complexity index is 1000. The molecular formula is C36H60OSi. The molecule has 0 aliphatic heterocycles. The maximum Gasteiger partial charge on any atom is 0.193 e. The lowest BCUT2D eigenvalue weighted by atomic mass is 9.62. The van der Waals surface area contributed by atoms with Gasteiger partial charge in [-0.3, -0.25) is 0 Å². The predicted molar refractivity (Wildman–Crippen MR) is 170 cm³/mol. The van der Waals surface area contributed by atoms with Crippen LogP contribution in [0.4, 0.5) is 0 Å². The van der Waals surface area contributed by atoms with Gasteiger partial charge in [0, 0.05) is 11.1 Å². The molecule has 0 aromatic heterocycles. The molecule has 6 atom stereocenters. The summed E-state index contributed by atoms with van der Waals surface area (Å²) in [6.07, 6.45) is 12.8. The third-order valence-electron chi connectivity index (χ3n) is 11.0. The zero-order valence-electron chi connectivity index (χ0n) is 27.2. The van der Waals surface area contributed by atoms with E-state index in [1.54, 1.807) is 0 Å². The molecule has 0 bridgehead atoms. The van der Waals surface area contributed by atoms with E-state index in [0.29, 0.717) is 22.7 Å². The van der Waals surface area contributed by atoms with Crippen LogP contribution in [-0.4, -0.2) is 14.4 Å². The maximum atomic E-state index is 6.94. The molecule has 214 valence electrons. The van der Waals surface area contributed by atoms with Crippen molar-refractivity contribution in [2.45, 2.75) is 145 Å². The van der Waals surface area contributed by atoms with Crippen LogP contribution in [-0.2, 0) is 4.43 Å². The molecule has 0 spiro atoms. The van der Waals surface area contributed by atoms with Gasteiger partial charge in [-0.15, -0.1) is 0 Å². The van der Waals surface area contributed by atoms with E-state index in [1.165, 1.54) is 67.2 Å². The van der Waals surface area contributed by atoms with E-state index in [9.17, 15) is 0 Å². The fourth-order valence-electron chi connectivity index (χ4n) is 7.27. The zero-order chi connectivity index (χ0) is 28.7. The number of hydrogen-bond donors (Lipinski definition) is 0. The highest BCUT2D eigenvalue weighted by molar-refractivity contribution is 6.74. The van der Waals surface area contributed by atoms with Crippen LogP contribution in [0.1, 0.15) is 121 Å². The monoisotopic (exact) mass is 536 g/mol. The van der Waals surface area contributed by atoms with E-state index in [-0.39, 0.29) is 11.1 Å². The molecule has 38 heavy (non-hydrogen) atoms. The van der Waals surface area contributed by atoms with Gasteiger partial charge in [0.2, 0.25) is 0 Å². The van der Waals surface area contributed by atoms with Crippen molar-refractivity contribution in [3.8, 4) is 11.8 Å². The predicted octanol–water partition coefficient (Wildman–Crippen LogP) is 10.9. The topological polar surface area (TPSA) is 9.23 Å². The fourth-order valence-corrected chi connectivity index (χ4v) is 8.54. The largest absolute Gasteiger partial charge is 0.407 e. The first-order valence-corrected chi connectivity index (χ1v) is 18.6. The minimum absolute atomic E-state index is 0.0133. The quantitative estimate of drug-likeness (QED) is 0.186. The second-order valence-corrected chi connectivity index (χ2v) is 21.0. The first-order chi connectivity index (χ1) is 17.4. The number of fused-ring (bicyclic) bond motifs is 1. The van der Waals surface area contributed by atoms with Crippen molar-refractivity contribution in [1.82, 2.24) is 0 Å². The van der Waals surface area contributed by atoms with Crippen LogP contribution in [0.2, 0.25) is 18.1 Å². The molecule has 3 rings (SSSR count). The Balaban J connectivity index is 1.80. The standard InChI is InChI=1S/C36H60OSi/c1-25(16-14-22-34(5,6)7)31-20-21-32-29(17-15-23-36(31,32)11)18-19-30-24-26(2)27(3)33(28(30)4)37-38(12,13)35(8,9)10/h17,25-26,31-33H,3,14-16,20-24H2,1-2,4-13H3/t25-,26+,31?,32?,33-,36+/m0/s1. The van der Waals surface area contributed by atoms with Crippen molar-refractivity contribution in [3.05, 3.63) is 34.9 Å². The molecule has 3 aliphatic rings. The second-order valence-electron chi connectivity index (χ2n) is 16.2. The second kappa shape index (κ2) is 11.4. The van der Waals surface area contributed by atoms with E-state index < -0.39 is 8.32 Å². The molecule has 0 N–H and O–H groups in total. The van der Waals surface area contributed by atoms with Crippen molar-refractivity contribution < 1.29 is 4.43 Å². The van der Waals surface area contributed by atoms with Gasteiger partial charge in [-0.2, -0.15) is 0 Å². The van der Waals surface area contributed by atoms with E-state index in [1.807, 2.05) is 0 Å². The van der Waals surface area contributed by atoms with E-state index in [2.05, 4.69) is 107 Å². The Kier molecular flexibility index (Phi) is 9.48. The molecule has 3 aliphatic carbocycles. The summed E-state index contributed by atoms with van der Waals surface area (Å²) >= 11 is 0. The molecule has 0 aromatic rings. The summed E-state index contributed by atoms with van der Waals surface area (Å²) in [4.78, 5) is 0. The van der Waals surface area contributed by atoms with Gasteiger partial charge in [-0.05, 0) is 109 Å². The van der Waals surface area contributed by atoms with Gasteiger partial charge in [-0.1, -0.05) is 99.7 Å². The normalized spacial score (nSPS) is 31.5. The van der Waals surface area contributed by atoms with Crippen molar-refractivity contribution >= 4 is 8.32 Å². The van der Waals surface area contributed by atoms with Gasteiger partial charge in [0.1, 0.15) is 0 Å².